The summed E-state index contributed by atoms with van der Waals surface area (Å²) in [5.41, 5.74) is -0.769. The van der Waals surface area contributed by atoms with Gasteiger partial charge in [-0.2, -0.15) is 0 Å². The third kappa shape index (κ3) is 2.16. The first kappa shape index (κ1) is 10.4. The smallest absolute Gasteiger partial charge is 0.265 e. The number of aromatic nitrogens is 2. The number of aromatic amines is 1. The number of hydrogen-bond acceptors (Lipinski definition) is 3. The van der Waals surface area contributed by atoms with Crippen LogP contribution in [0.15, 0.2) is 15.5 Å². The predicted molar refractivity (Wildman–Crippen MR) is 52.6 cm³/mol. The van der Waals surface area contributed by atoms with Crippen molar-refractivity contribution in [2.75, 3.05) is 7.11 Å². The highest BCUT2D eigenvalue weighted by molar-refractivity contribution is 9.10. The zero-order chi connectivity index (χ0) is 10.1. The second kappa shape index (κ2) is 3.59. The summed E-state index contributed by atoms with van der Waals surface area (Å²) in [7, 11) is 1.57. The number of rotatable bonds is 2. The van der Waals surface area contributed by atoms with Crippen LogP contribution in [0.25, 0.3) is 0 Å². The zero-order valence-electron chi connectivity index (χ0n) is 7.72. The van der Waals surface area contributed by atoms with Gasteiger partial charge in [-0.25, -0.2) is 4.98 Å². The second-order valence-electron chi connectivity index (χ2n) is 3.12. The highest BCUT2D eigenvalue weighted by Crippen LogP contribution is 2.18. The van der Waals surface area contributed by atoms with Crippen LogP contribution >= 0.6 is 15.9 Å². The van der Waals surface area contributed by atoms with Crippen molar-refractivity contribution in [1.29, 1.82) is 0 Å². The van der Waals surface area contributed by atoms with E-state index < -0.39 is 5.60 Å². The van der Waals surface area contributed by atoms with Gasteiger partial charge in [-0.1, -0.05) is 0 Å². The molecule has 72 valence electrons. The Balaban J connectivity index is 3.18. The summed E-state index contributed by atoms with van der Waals surface area (Å²) in [6.07, 6.45) is 1.47. The maximum atomic E-state index is 11.2. The zero-order valence-corrected chi connectivity index (χ0v) is 9.31. The highest BCUT2D eigenvalue weighted by atomic mass is 79.9. The van der Waals surface area contributed by atoms with Gasteiger partial charge in [0, 0.05) is 13.3 Å². The van der Waals surface area contributed by atoms with Crippen molar-refractivity contribution in [3.63, 3.8) is 0 Å². The molecule has 1 aromatic rings. The molecule has 1 aromatic heterocycles. The van der Waals surface area contributed by atoms with Crippen LogP contribution in [0.5, 0.6) is 0 Å². The van der Waals surface area contributed by atoms with Crippen molar-refractivity contribution in [2.24, 2.45) is 0 Å². The van der Waals surface area contributed by atoms with Gasteiger partial charge in [0.1, 0.15) is 15.9 Å². The largest absolute Gasteiger partial charge is 0.371 e. The van der Waals surface area contributed by atoms with Gasteiger partial charge >= 0.3 is 0 Å². The Hall–Kier alpha value is -0.680. The lowest BCUT2D eigenvalue weighted by Gasteiger charge is -2.21. The number of ether oxygens (including phenoxy) is 1. The molecule has 0 saturated heterocycles. The van der Waals surface area contributed by atoms with E-state index >= 15 is 0 Å². The minimum absolute atomic E-state index is 0.199. The molecule has 0 unspecified atom stereocenters. The minimum atomic E-state index is -0.570. The first-order valence-corrected chi connectivity index (χ1v) is 4.57. The molecule has 0 fully saturated rings. The van der Waals surface area contributed by atoms with Gasteiger partial charge < -0.3 is 9.72 Å². The van der Waals surface area contributed by atoms with Crippen molar-refractivity contribution < 1.29 is 4.74 Å². The fourth-order valence-electron chi connectivity index (χ4n) is 0.782. The summed E-state index contributed by atoms with van der Waals surface area (Å²) in [5.74, 6) is 0.517. The van der Waals surface area contributed by atoms with Crippen molar-refractivity contribution >= 4 is 15.9 Å². The Morgan fingerprint density at radius 2 is 2.23 bits per heavy atom. The van der Waals surface area contributed by atoms with E-state index in [9.17, 15) is 4.79 Å². The van der Waals surface area contributed by atoms with Gasteiger partial charge in [0.15, 0.2) is 0 Å². The van der Waals surface area contributed by atoms with E-state index in [4.69, 9.17) is 4.74 Å². The molecular weight excluding hydrogens is 236 g/mol. The van der Waals surface area contributed by atoms with Crippen LogP contribution in [0.2, 0.25) is 0 Å². The van der Waals surface area contributed by atoms with Crippen LogP contribution in [0.3, 0.4) is 0 Å². The maximum absolute atomic E-state index is 11.2. The molecule has 0 saturated carbocycles. The number of hydrogen-bond donors (Lipinski definition) is 1. The monoisotopic (exact) mass is 246 g/mol. The van der Waals surface area contributed by atoms with E-state index in [2.05, 4.69) is 25.9 Å². The average Bonchev–Trinajstić information content (AvgIpc) is 2.09. The lowest BCUT2D eigenvalue weighted by molar-refractivity contribution is 0.0112. The number of halogens is 1. The minimum Gasteiger partial charge on any atom is -0.371 e. The second-order valence-corrected chi connectivity index (χ2v) is 3.98. The number of H-pyrrole nitrogens is 1. The molecule has 0 spiro atoms. The summed E-state index contributed by atoms with van der Waals surface area (Å²) in [5, 5.41) is 0. The molecule has 0 bridgehead atoms. The van der Waals surface area contributed by atoms with E-state index in [1.165, 1.54) is 6.20 Å². The van der Waals surface area contributed by atoms with Crippen LogP contribution in [0, 0.1) is 0 Å². The summed E-state index contributed by atoms with van der Waals surface area (Å²) in [6, 6.07) is 0. The van der Waals surface area contributed by atoms with Gasteiger partial charge in [0.05, 0.1) is 0 Å². The fraction of sp³-hybridized carbons (Fsp3) is 0.500. The van der Waals surface area contributed by atoms with Crippen LogP contribution in [-0.4, -0.2) is 17.1 Å². The van der Waals surface area contributed by atoms with Gasteiger partial charge in [0.2, 0.25) is 0 Å². The SMILES string of the molecule is COC(C)(C)c1ncc(Br)c(=O)[nH]1. The molecule has 1 N–H and O–H groups in total. The molecular formula is C8H11BrN2O2. The number of nitrogens with zero attached hydrogens (tertiary/aromatic N) is 1. The topological polar surface area (TPSA) is 55.0 Å². The van der Waals surface area contributed by atoms with Crippen molar-refractivity contribution in [3.8, 4) is 0 Å². The Kier molecular flexibility index (Phi) is 2.87. The molecule has 0 aliphatic rings. The lowest BCUT2D eigenvalue weighted by atomic mass is 10.1. The van der Waals surface area contributed by atoms with E-state index in [1.807, 2.05) is 13.8 Å². The van der Waals surface area contributed by atoms with Gasteiger partial charge in [-0.3, -0.25) is 4.79 Å². The third-order valence-corrected chi connectivity index (χ3v) is 2.40. The van der Waals surface area contributed by atoms with Gasteiger partial charge in [-0.15, -0.1) is 0 Å². The molecule has 0 aliphatic heterocycles. The number of methoxy groups -OCH3 is 1. The summed E-state index contributed by atoms with van der Waals surface area (Å²) < 4.78 is 5.59. The first-order valence-electron chi connectivity index (χ1n) is 3.78. The predicted octanol–water partition coefficient (Wildman–Crippen LogP) is 1.41. The standard InChI is InChI=1S/C8H11BrN2O2/c1-8(2,13-3)7-10-4-5(9)6(12)11-7/h4H,1-3H3,(H,10,11,12). The Bertz CT molecular complexity index is 359. The fourth-order valence-corrected chi connectivity index (χ4v) is 0.984. The lowest BCUT2D eigenvalue weighted by Crippen LogP contribution is -2.26. The molecule has 0 amide bonds. The van der Waals surface area contributed by atoms with Crippen LogP contribution in [0.4, 0.5) is 0 Å². The molecule has 4 nitrogen and oxygen atoms in total. The molecule has 0 aromatic carbocycles. The van der Waals surface area contributed by atoms with Crippen molar-refractivity contribution in [3.05, 3.63) is 26.8 Å². The summed E-state index contributed by atoms with van der Waals surface area (Å²) in [4.78, 5) is 17.9. The van der Waals surface area contributed by atoms with Gasteiger partial charge in [0.25, 0.3) is 5.56 Å². The molecule has 1 rings (SSSR count). The Morgan fingerprint density at radius 3 is 2.69 bits per heavy atom. The maximum Gasteiger partial charge on any atom is 0.265 e. The number of nitrogens with one attached hydrogen (secondary N) is 1. The molecule has 1 heterocycles. The summed E-state index contributed by atoms with van der Waals surface area (Å²) >= 11 is 3.07. The highest BCUT2D eigenvalue weighted by Gasteiger charge is 2.22. The van der Waals surface area contributed by atoms with Crippen LogP contribution in [-0.2, 0) is 10.3 Å². The first-order chi connectivity index (χ1) is 5.97. The van der Waals surface area contributed by atoms with E-state index in [-0.39, 0.29) is 5.56 Å². The average molecular weight is 247 g/mol. The molecule has 0 radical (unpaired) electrons. The Morgan fingerprint density at radius 1 is 1.62 bits per heavy atom. The molecule has 0 aliphatic carbocycles. The molecule has 0 atom stereocenters. The molecule has 13 heavy (non-hydrogen) atoms. The third-order valence-electron chi connectivity index (χ3n) is 1.84. The normalized spacial score (nSPS) is 11.7. The van der Waals surface area contributed by atoms with E-state index in [1.54, 1.807) is 7.11 Å². The van der Waals surface area contributed by atoms with Crippen LogP contribution in [0.1, 0.15) is 19.7 Å². The molecule has 5 heteroatoms. The Labute approximate surface area is 84.5 Å². The van der Waals surface area contributed by atoms with E-state index in [0.29, 0.717) is 10.3 Å². The van der Waals surface area contributed by atoms with Crippen LogP contribution < -0.4 is 5.56 Å². The van der Waals surface area contributed by atoms with Crippen molar-refractivity contribution in [2.45, 2.75) is 19.4 Å². The summed E-state index contributed by atoms with van der Waals surface area (Å²) in [6.45, 7) is 3.67. The van der Waals surface area contributed by atoms with Gasteiger partial charge in [-0.05, 0) is 29.8 Å². The quantitative estimate of drug-likeness (QED) is 0.859. The van der Waals surface area contributed by atoms with E-state index in [0.717, 1.165) is 0 Å². The van der Waals surface area contributed by atoms with Crippen molar-refractivity contribution in [1.82, 2.24) is 9.97 Å².